The molecule has 0 spiro atoms. The van der Waals surface area contributed by atoms with Gasteiger partial charge in [0.05, 0.1) is 13.2 Å². The molecule has 0 saturated heterocycles. The average molecular weight is 874 g/mol. The first-order valence-corrected chi connectivity index (χ1v) is 25.6. The van der Waals surface area contributed by atoms with Gasteiger partial charge in [-0.3, -0.25) is 18.6 Å². The normalized spacial score (nSPS) is 14.0. The number of phosphoric ester groups is 1. The molecule has 350 valence electrons. The van der Waals surface area contributed by atoms with Crippen LogP contribution in [0.5, 0.6) is 0 Å². The molecular weight excluding hydrogens is 786 g/mol. The maximum atomic E-state index is 12.6. The van der Waals surface area contributed by atoms with Crippen LogP contribution in [0.25, 0.3) is 0 Å². The van der Waals surface area contributed by atoms with Crippen LogP contribution in [0, 0.1) is 0 Å². The predicted molar refractivity (Wildman–Crippen MR) is 256 cm³/mol. The number of phosphoric acid groups is 1. The highest BCUT2D eigenvalue weighted by Crippen LogP contribution is 2.43. The number of carbonyl (C=O) groups excluding carboxylic acids is 2. The van der Waals surface area contributed by atoms with E-state index in [2.05, 4.69) is 98.9 Å². The summed E-state index contributed by atoms with van der Waals surface area (Å²) in [4.78, 5) is 34.7. The van der Waals surface area contributed by atoms with E-state index < -0.39 is 32.5 Å². The first kappa shape index (κ1) is 58.2. The van der Waals surface area contributed by atoms with Crippen LogP contribution in [0.3, 0.4) is 0 Å². The molecule has 0 aromatic carbocycles. The van der Waals surface area contributed by atoms with Gasteiger partial charge in [-0.1, -0.05) is 195 Å². The number of hydrogen-bond acceptors (Lipinski definition) is 8. The van der Waals surface area contributed by atoms with Crippen LogP contribution in [-0.4, -0.2) is 49.3 Å². The Morgan fingerprint density at radius 1 is 0.508 bits per heavy atom. The Balaban J connectivity index is 3.91. The number of unbranched alkanes of at least 4 members (excludes halogenated alkanes) is 17. The van der Waals surface area contributed by atoms with Gasteiger partial charge in [-0.05, 0) is 70.6 Å². The number of carbonyl (C=O) groups is 2. The van der Waals surface area contributed by atoms with E-state index in [-0.39, 0.29) is 32.6 Å². The van der Waals surface area contributed by atoms with Gasteiger partial charge in [-0.15, -0.1) is 0 Å². The zero-order valence-corrected chi connectivity index (χ0v) is 39.5. The second kappa shape index (κ2) is 46.7. The Kier molecular flexibility index (Phi) is 44.5. The summed E-state index contributed by atoms with van der Waals surface area (Å²) in [6.45, 7) is 3.55. The van der Waals surface area contributed by atoms with Gasteiger partial charge in [0.2, 0.25) is 0 Å². The molecule has 9 nitrogen and oxygen atoms in total. The molecule has 10 heteroatoms. The van der Waals surface area contributed by atoms with Crippen molar-refractivity contribution in [2.45, 2.75) is 200 Å². The highest BCUT2D eigenvalue weighted by molar-refractivity contribution is 7.47. The van der Waals surface area contributed by atoms with E-state index >= 15 is 0 Å². The lowest BCUT2D eigenvalue weighted by atomic mass is 10.0. The minimum absolute atomic E-state index is 0.0504. The highest BCUT2D eigenvalue weighted by atomic mass is 31.2. The van der Waals surface area contributed by atoms with Gasteiger partial charge in [-0.2, -0.15) is 0 Å². The van der Waals surface area contributed by atoms with Crippen LogP contribution >= 0.6 is 7.82 Å². The molecule has 0 fully saturated rings. The molecule has 0 rings (SSSR count). The third kappa shape index (κ3) is 46.5. The van der Waals surface area contributed by atoms with Gasteiger partial charge in [-0.25, -0.2) is 4.57 Å². The lowest BCUT2D eigenvalue weighted by molar-refractivity contribution is -0.161. The number of nitrogens with two attached hydrogens (primary N) is 1. The third-order valence-corrected chi connectivity index (χ3v) is 10.8. The topological polar surface area (TPSA) is 134 Å². The van der Waals surface area contributed by atoms with Crippen LogP contribution in [0.2, 0.25) is 0 Å². The zero-order chi connectivity index (χ0) is 44.6. The van der Waals surface area contributed by atoms with Crippen molar-refractivity contribution >= 4 is 19.8 Å². The smallest absolute Gasteiger partial charge is 0.462 e. The summed E-state index contributed by atoms with van der Waals surface area (Å²) >= 11 is 0. The van der Waals surface area contributed by atoms with Crippen molar-refractivity contribution in [1.29, 1.82) is 0 Å². The van der Waals surface area contributed by atoms with Crippen molar-refractivity contribution in [3.8, 4) is 0 Å². The molecule has 0 aliphatic rings. The van der Waals surface area contributed by atoms with E-state index in [4.69, 9.17) is 24.3 Å². The van der Waals surface area contributed by atoms with Gasteiger partial charge in [0.15, 0.2) is 6.10 Å². The number of hydrogen-bond donors (Lipinski definition) is 2. The number of esters is 2. The molecule has 0 aliphatic carbocycles. The van der Waals surface area contributed by atoms with Crippen molar-refractivity contribution in [2.24, 2.45) is 5.73 Å². The van der Waals surface area contributed by atoms with Crippen molar-refractivity contribution < 1.29 is 37.6 Å². The monoisotopic (exact) mass is 874 g/mol. The zero-order valence-electron chi connectivity index (χ0n) is 38.6. The van der Waals surface area contributed by atoms with E-state index in [9.17, 15) is 19.0 Å². The van der Waals surface area contributed by atoms with Crippen molar-refractivity contribution in [1.82, 2.24) is 0 Å². The Morgan fingerprint density at radius 3 is 1.34 bits per heavy atom. The second-order valence-electron chi connectivity index (χ2n) is 15.6. The minimum Gasteiger partial charge on any atom is -0.462 e. The molecule has 0 heterocycles. The largest absolute Gasteiger partial charge is 0.472 e. The molecule has 61 heavy (non-hydrogen) atoms. The Hall–Kier alpha value is -2.81. The van der Waals surface area contributed by atoms with Crippen LogP contribution in [-0.2, 0) is 32.7 Å². The highest BCUT2D eigenvalue weighted by Gasteiger charge is 2.26. The molecule has 0 saturated carbocycles. The second-order valence-corrected chi connectivity index (χ2v) is 17.1. The average Bonchev–Trinajstić information content (AvgIpc) is 3.25. The van der Waals surface area contributed by atoms with Gasteiger partial charge in [0.1, 0.15) is 6.61 Å². The van der Waals surface area contributed by atoms with Crippen molar-refractivity contribution in [2.75, 3.05) is 26.4 Å². The Bertz CT molecular complexity index is 1270. The summed E-state index contributed by atoms with van der Waals surface area (Å²) in [6.07, 6.45) is 59.4. The number of allylic oxidation sites excluding steroid dienone is 14. The molecule has 0 aromatic rings. The fourth-order valence-electron chi connectivity index (χ4n) is 6.26. The quantitative estimate of drug-likeness (QED) is 0.0265. The maximum Gasteiger partial charge on any atom is 0.472 e. The van der Waals surface area contributed by atoms with Crippen molar-refractivity contribution in [3.05, 3.63) is 85.1 Å². The van der Waals surface area contributed by atoms with Gasteiger partial charge in [0, 0.05) is 19.4 Å². The van der Waals surface area contributed by atoms with Crippen LogP contribution in [0.4, 0.5) is 0 Å². The predicted octanol–water partition coefficient (Wildman–Crippen LogP) is 14.4. The summed E-state index contributed by atoms with van der Waals surface area (Å²) in [5.41, 5.74) is 5.34. The summed E-state index contributed by atoms with van der Waals surface area (Å²) in [5, 5.41) is 0. The van der Waals surface area contributed by atoms with E-state index in [1.807, 2.05) is 0 Å². The van der Waals surface area contributed by atoms with Crippen LogP contribution < -0.4 is 5.73 Å². The molecule has 0 amide bonds. The molecular formula is C51H88NO8P. The van der Waals surface area contributed by atoms with E-state index in [0.717, 1.165) is 89.9 Å². The molecule has 0 aromatic heterocycles. The van der Waals surface area contributed by atoms with Crippen LogP contribution in [0.15, 0.2) is 85.1 Å². The minimum atomic E-state index is -4.37. The summed E-state index contributed by atoms with van der Waals surface area (Å²) in [5.74, 6) is -0.842. The number of ether oxygens (including phenoxy) is 2. The van der Waals surface area contributed by atoms with Gasteiger partial charge in [0.25, 0.3) is 0 Å². The van der Waals surface area contributed by atoms with E-state index in [1.54, 1.807) is 0 Å². The SMILES string of the molecule is CC/C=C\C/C=C\C/C=C\C/C=C\C/C=C\C/C=C\C/C=C\CCCCCCCCCCCCCC(=O)OC(COC(=O)CCCCCCCCC)COP(=O)(O)OCCN. The lowest BCUT2D eigenvalue weighted by Crippen LogP contribution is -2.29. The summed E-state index contributed by atoms with van der Waals surface area (Å²) in [6, 6.07) is 0. The maximum absolute atomic E-state index is 12.6. The molecule has 0 bridgehead atoms. The Morgan fingerprint density at radius 2 is 0.902 bits per heavy atom. The summed E-state index contributed by atoms with van der Waals surface area (Å²) < 4.78 is 32.7. The van der Waals surface area contributed by atoms with Crippen LogP contribution in [0.1, 0.15) is 194 Å². The lowest BCUT2D eigenvalue weighted by Gasteiger charge is -2.19. The fraction of sp³-hybridized carbons (Fsp3) is 0.686. The van der Waals surface area contributed by atoms with Crippen molar-refractivity contribution in [3.63, 3.8) is 0 Å². The molecule has 2 atom stereocenters. The van der Waals surface area contributed by atoms with Gasteiger partial charge < -0.3 is 20.1 Å². The summed E-state index contributed by atoms with van der Waals surface area (Å²) in [7, 11) is -4.37. The third-order valence-electron chi connectivity index (χ3n) is 9.80. The molecule has 0 radical (unpaired) electrons. The van der Waals surface area contributed by atoms with E-state index in [0.29, 0.717) is 6.42 Å². The molecule has 0 aliphatic heterocycles. The Labute approximate surface area is 373 Å². The number of rotatable bonds is 44. The first-order valence-electron chi connectivity index (χ1n) is 24.1. The fourth-order valence-corrected chi connectivity index (χ4v) is 7.03. The van der Waals surface area contributed by atoms with Gasteiger partial charge >= 0.3 is 19.8 Å². The molecule has 3 N–H and O–H groups in total. The van der Waals surface area contributed by atoms with E-state index in [1.165, 1.54) is 70.6 Å². The molecule has 2 unspecified atom stereocenters. The first-order chi connectivity index (χ1) is 29.8. The standard InChI is InChI=1S/C51H88NO8P/c1-3-5-7-9-11-12-13-14-15-16-17-18-19-20-21-22-23-24-25-26-27-28-29-30-31-32-33-34-35-36-38-40-42-44-51(54)60-49(48-59-61(55,56)58-46-45-52)47-57-50(53)43-41-39-37-10-8-6-4-2/h5,7,11-12,14-15,17-18,20-21,23-24,26-27,49H,3-4,6,8-10,13,16,19,22,25,28-48,52H2,1-2H3,(H,55,56)/b7-5-,12-11-,15-14-,18-17-,21-20-,24-23-,27-26-.